The van der Waals surface area contributed by atoms with E-state index in [2.05, 4.69) is 0 Å². The van der Waals surface area contributed by atoms with Crippen molar-refractivity contribution in [3.8, 4) is 11.5 Å². The van der Waals surface area contributed by atoms with Gasteiger partial charge in [0, 0.05) is 6.07 Å². The van der Waals surface area contributed by atoms with E-state index in [1.807, 2.05) is 20.8 Å². The van der Waals surface area contributed by atoms with Crippen molar-refractivity contribution in [3.05, 3.63) is 23.8 Å². The first-order valence-electron chi connectivity index (χ1n) is 6.03. The van der Waals surface area contributed by atoms with Crippen LogP contribution in [0.1, 0.15) is 26.3 Å². The maximum atomic E-state index is 11.9. The zero-order valence-electron chi connectivity index (χ0n) is 10.9. The van der Waals surface area contributed by atoms with E-state index in [4.69, 9.17) is 9.47 Å². The summed E-state index contributed by atoms with van der Waals surface area (Å²) >= 11 is 0. The lowest BCUT2D eigenvalue weighted by Crippen LogP contribution is -2.34. The number of hydrogen-bond acceptors (Lipinski definition) is 4. The molecule has 1 unspecified atom stereocenters. The Labute approximate surface area is 107 Å². The van der Waals surface area contributed by atoms with Crippen molar-refractivity contribution in [3.63, 3.8) is 0 Å². The topological polar surface area (TPSA) is 55.8 Å². The van der Waals surface area contributed by atoms with Gasteiger partial charge in [-0.25, -0.2) is 0 Å². The van der Waals surface area contributed by atoms with Gasteiger partial charge in [0.05, 0.1) is 5.92 Å². The third kappa shape index (κ3) is 2.94. The Morgan fingerprint density at radius 3 is 2.83 bits per heavy atom. The highest BCUT2D eigenvalue weighted by molar-refractivity contribution is 5.74. The SMILES string of the molecule is CC(C)(C)OC(=O)C1COc2cc(O)ccc2C1. The average Bonchev–Trinajstić information content (AvgIpc) is 2.26. The molecule has 1 heterocycles. The Hall–Kier alpha value is -1.71. The maximum Gasteiger partial charge on any atom is 0.313 e. The molecule has 1 aliphatic rings. The number of phenols is 1. The molecule has 4 heteroatoms. The summed E-state index contributed by atoms with van der Waals surface area (Å²) in [5.41, 5.74) is 0.446. The maximum absolute atomic E-state index is 11.9. The van der Waals surface area contributed by atoms with Crippen LogP contribution in [0.4, 0.5) is 0 Å². The van der Waals surface area contributed by atoms with E-state index in [9.17, 15) is 9.90 Å². The first-order valence-corrected chi connectivity index (χ1v) is 6.03. The molecule has 1 N–H and O–H groups in total. The minimum atomic E-state index is -0.480. The van der Waals surface area contributed by atoms with Gasteiger partial charge in [0.15, 0.2) is 0 Å². The summed E-state index contributed by atoms with van der Waals surface area (Å²) in [6, 6.07) is 4.95. The Morgan fingerprint density at radius 1 is 1.44 bits per heavy atom. The molecule has 1 atom stereocenters. The van der Waals surface area contributed by atoms with Gasteiger partial charge < -0.3 is 14.6 Å². The molecule has 2 rings (SSSR count). The number of fused-ring (bicyclic) bond motifs is 1. The lowest BCUT2D eigenvalue weighted by atomic mass is 9.96. The van der Waals surface area contributed by atoms with Crippen LogP contribution in [0.2, 0.25) is 0 Å². The van der Waals surface area contributed by atoms with E-state index in [0.717, 1.165) is 5.56 Å². The van der Waals surface area contributed by atoms with E-state index < -0.39 is 5.60 Å². The van der Waals surface area contributed by atoms with Crippen molar-refractivity contribution in [1.82, 2.24) is 0 Å². The molecule has 0 radical (unpaired) electrons. The number of phenolic OH excluding ortho intramolecular Hbond substituents is 1. The lowest BCUT2D eigenvalue weighted by molar-refractivity contribution is -0.161. The van der Waals surface area contributed by atoms with Gasteiger partial charge in [-0.1, -0.05) is 6.07 Å². The molecule has 1 aromatic rings. The second-order valence-electron chi connectivity index (χ2n) is 5.54. The van der Waals surface area contributed by atoms with Gasteiger partial charge in [-0.3, -0.25) is 4.79 Å². The molecule has 4 nitrogen and oxygen atoms in total. The van der Waals surface area contributed by atoms with E-state index in [1.165, 1.54) is 0 Å². The Kier molecular flexibility index (Phi) is 3.20. The molecule has 1 aliphatic heterocycles. The number of aromatic hydroxyl groups is 1. The van der Waals surface area contributed by atoms with Crippen LogP contribution in [0.3, 0.4) is 0 Å². The molecular formula is C14H18O4. The fourth-order valence-corrected chi connectivity index (χ4v) is 1.90. The molecule has 0 saturated heterocycles. The lowest BCUT2D eigenvalue weighted by Gasteiger charge is -2.27. The van der Waals surface area contributed by atoms with Gasteiger partial charge in [0.2, 0.25) is 0 Å². The summed E-state index contributed by atoms with van der Waals surface area (Å²) < 4.78 is 10.8. The molecule has 0 aromatic heterocycles. The average molecular weight is 250 g/mol. The highest BCUT2D eigenvalue weighted by Crippen LogP contribution is 2.31. The molecule has 0 aliphatic carbocycles. The Balaban J connectivity index is 2.08. The largest absolute Gasteiger partial charge is 0.508 e. The highest BCUT2D eigenvalue weighted by Gasteiger charge is 2.30. The minimum absolute atomic E-state index is 0.171. The van der Waals surface area contributed by atoms with Crippen LogP contribution in [0.15, 0.2) is 18.2 Å². The first-order chi connectivity index (χ1) is 8.35. The molecule has 98 valence electrons. The van der Waals surface area contributed by atoms with Crippen LogP contribution in [0, 0.1) is 5.92 Å². The van der Waals surface area contributed by atoms with Gasteiger partial charge >= 0.3 is 5.97 Å². The normalized spacial score (nSPS) is 18.7. The second-order valence-corrected chi connectivity index (χ2v) is 5.54. The van der Waals surface area contributed by atoms with Gasteiger partial charge in [0.25, 0.3) is 0 Å². The van der Waals surface area contributed by atoms with Crippen LogP contribution in [0.25, 0.3) is 0 Å². The van der Waals surface area contributed by atoms with E-state index in [1.54, 1.807) is 18.2 Å². The highest BCUT2D eigenvalue weighted by atomic mass is 16.6. The van der Waals surface area contributed by atoms with E-state index in [-0.39, 0.29) is 17.6 Å². The van der Waals surface area contributed by atoms with Gasteiger partial charge in [-0.15, -0.1) is 0 Å². The number of esters is 1. The predicted octanol–water partition coefficient (Wildman–Crippen LogP) is 2.29. The number of rotatable bonds is 1. The van der Waals surface area contributed by atoms with Crippen molar-refractivity contribution < 1.29 is 19.4 Å². The minimum Gasteiger partial charge on any atom is -0.508 e. The van der Waals surface area contributed by atoms with Crippen LogP contribution in [0.5, 0.6) is 11.5 Å². The van der Waals surface area contributed by atoms with Crippen molar-refractivity contribution in [1.29, 1.82) is 0 Å². The summed E-state index contributed by atoms with van der Waals surface area (Å²) in [5, 5.41) is 9.34. The van der Waals surface area contributed by atoms with Crippen molar-refractivity contribution >= 4 is 5.97 Å². The number of hydrogen-bond donors (Lipinski definition) is 1. The van der Waals surface area contributed by atoms with E-state index >= 15 is 0 Å². The molecule has 0 spiro atoms. The van der Waals surface area contributed by atoms with Gasteiger partial charge in [0.1, 0.15) is 23.7 Å². The third-order valence-corrected chi connectivity index (χ3v) is 2.70. The third-order valence-electron chi connectivity index (χ3n) is 2.70. The van der Waals surface area contributed by atoms with Crippen LogP contribution < -0.4 is 4.74 Å². The summed E-state index contributed by atoms with van der Waals surface area (Å²) in [5.74, 6) is 0.307. The monoisotopic (exact) mass is 250 g/mol. The van der Waals surface area contributed by atoms with Crippen LogP contribution in [-0.4, -0.2) is 23.3 Å². The smallest absolute Gasteiger partial charge is 0.313 e. The van der Waals surface area contributed by atoms with E-state index in [0.29, 0.717) is 18.8 Å². The molecule has 0 fully saturated rings. The van der Waals surface area contributed by atoms with Crippen molar-refractivity contribution in [2.75, 3.05) is 6.61 Å². The van der Waals surface area contributed by atoms with Gasteiger partial charge in [-0.2, -0.15) is 0 Å². The fraction of sp³-hybridized carbons (Fsp3) is 0.500. The molecular weight excluding hydrogens is 232 g/mol. The van der Waals surface area contributed by atoms with Gasteiger partial charge in [-0.05, 0) is 38.8 Å². The number of ether oxygens (including phenoxy) is 2. The quantitative estimate of drug-likeness (QED) is 0.777. The zero-order valence-corrected chi connectivity index (χ0v) is 10.9. The van der Waals surface area contributed by atoms with Crippen LogP contribution >= 0.6 is 0 Å². The summed E-state index contributed by atoms with van der Waals surface area (Å²) in [7, 11) is 0. The molecule has 0 bridgehead atoms. The van der Waals surface area contributed by atoms with Crippen LogP contribution in [-0.2, 0) is 16.0 Å². The number of benzene rings is 1. The molecule has 1 aromatic carbocycles. The Morgan fingerprint density at radius 2 is 2.17 bits per heavy atom. The summed E-state index contributed by atoms with van der Waals surface area (Å²) in [6.07, 6.45) is 0.588. The molecule has 0 amide bonds. The molecule has 0 saturated carbocycles. The fourth-order valence-electron chi connectivity index (χ4n) is 1.90. The Bertz CT molecular complexity index is 459. The van der Waals surface area contributed by atoms with Crippen molar-refractivity contribution in [2.24, 2.45) is 5.92 Å². The number of carbonyl (C=O) groups is 1. The standard InChI is InChI=1S/C14H18O4/c1-14(2,3)18-13(16)10-6-9-4-5-11(15)7-12(9)17-8-10/h4-5,7,10,15H,6,8H2,1-3H3. The van der Waals surface area contributed by atoms with Crippen molar-refractivity contribution in [2.45, 2.75) is 32.8 Å². The predicted molar refractivity (Wildman–Crippen MR) is 66.6 cm³/mol. The second kappa shape index (κ2) is 4.52. The summed E-state index contributed by atoms with van der Waals surface area (Å²) in [6.45, 7) is 5.84. The first kappa shape index (κ1) is 12.7. The number of carbonyl (C=O) groups excluding carboxylic acids is 1. The zero-order chi connectivity index (χ0) is 13.3. The molecule has 18 heavy (non-hydrogen) atoms. The summed E-state index contributed by atoms with van der Waals surface area (Å²) in [4.78, 5) is 11.9.